The quantitative estimate of drug-likeness (QED) is 0.552. The number of hydrogen-bond donors (Lipinski definition) is 2. The van der Waals surface area contributed by atoms with Gasteiger partial charge in [-0.05, 0) is 77.0 Å². The van der Waals surface area contributed by atoms with Crippen LogP contribution in [0.5, 0.6) is 0 Å². The standard InChI is InChI=1S/C25H38Cl2N2O3/c1-15-19-8-6-7-17(9-10-24(3,4)32)25(19,5)11-12-29(15)21(31)13-18-20(26)14-28-23(16(2)30)22(18)27/h14-17,19,30,32H,6-13H2,1-5H3/t15-,16?,17-,19+,25-/m0/s1. The van der Waals surface area contributed by atoms with Gasteiger partial charge < -0.3 is 15.1 Å². The summed E-state index contributed by atoms with van der Waals surface area (Å²) >= 11 is 12.8. The third-order valence-corrected chi connectivity index (χ3v) is 8.80. The highest BCUT2D eigenvalue weighted by Crippen LogP contribution is 2.54. The predicted octanol–water partition coefficient (Wildman–Crippen LogP) is 5.58. The van der Waals surface area contributed by atoms with Crippen molar-refractivity contribution >= 4 is 29.1 Å². The van der Waals surface area contributed by atoms with E-state index in [4.69, 9.17) is 23.2 Å². The molecule has 5 atom stereocenters. The van der Waals surface area contributed by atoms with Gasteiger partial charge in [-0.3, -0.25) is 9.78 Å². The maximum Gasteiger partial charge on any atom is 0.227 e. The highest BCUT2D eigenvalue weighted by Gasteiger charge is 2.50. The average molecular weight is 485 g/mol. The molecule has 1 amide bonds. The minimum atomic E-state index is -0.827. The minimum Gasteiger partial charge on any atom is -0.390 e. The van der Waals surface area contributed by atoms with Crippen LogP contribution in [0.1, 0.15) is 90.5 Å². The fourth-order valence-electron chi connectivity index (χ4n) is 6.09. The van der Waals surface area contributed by atoms with Crippen molar-refractivity contribution in [2.45, 2.75) is 97.3 Å². The minimum absolute atomic E-state index is 0.0182. The van der Waals surface area contributed by atoms with Crippen LogP contribution in [0.4, 0.5) is 0 Å². The molecule has 2 N–H and O–H groups in total. The molecule has 1 aliphatic heterocycles. The molecule has 1 aromatic heterocycles. The van der Waals surface area contributed by atoms with Crippen molar-refractivity contribution in [3.63, 3.8) is 0 Å². The fraction of sp³-hybridized carbons (Fsp3) is 0.760. The summed E-state index contributed by atoms with van der Waals surface area (Å²) in [7, 11) is 0. The summed E-state index contributed by atoms with van der Waals surface area (Å²) in [5.41, 5.74) is 0.432. The molecule has 32 heavy (non-hydrogen) atoms. The second kappa shape index (κ2) is 9.77. The summed E-state index contributed by atoms with van der Waals surface area (Å²) in [6.07, 6.45) is 7.05. The van der Waals surface area contributed by atoms with Crippen molar-refractivity contribution in [2.24, 2.45) is 17.3 Å². The molecule has 1 aliphatic carbocycles. The first-order chi connectivity index (χ1) is 14.8. The fourth-order valence-corrected chi connectivity index (χ4v) is 6.72. The summed E-state index contributed by atoms with van der Waals surface area (Å²) in [4.78, 5) is 19.5. The lowest BCUT2D eigenvalue weighted by molar-refractivity contribution is -0.144. The summed E-state index contributed by atoms with van der Waals surface area (Å²) in [5, 5.41) is 20.8. The van der Waals surface area contributed by atoms with Gasteiger partial charge in [-0.25, -0.2) is 0 Å². The van der Waals surface area contributed by atoms with Crippen LogP contribution >= 0.6 is 23.2 Å². The van der Waals surface area contributed by atoms with Crippen molar-refractivity contribution in [1.82, 2.24) is 9.88 Å². The molecule has 0 spiro atoms. The number of rotatable bonds is 6. The van der Waals surface area contributed by atoms with Crippen molar-refractivity contribution in [2.75, 3.05) is 6.54 Å². The monoisotopic (exact) mass is 484 g/mol. The maximum atomic E-state index is 13.4. The summed E-state index contributed by atoms with van der Waals surface area (Å²) in [5.74, 6) is 1.03. The number of amides is 1. The number of hydrogen-bond acceptors (Lipinski definition) is 4. The Morgan fingerprint density at radius 2 is 2.06 bits per heavy atom. The molecule has 2 aliphatic rings. The third-order valence-electron chi connectivity index (χ3n) is 8.06. The first kappa shape index (κ1) is 25.7. The molecule has 7 heteroatoms. The lowest BCUT2D eigenvalue weighted by Crippen LogP contribution is -2.57. The Morgan fingerprint density at radius 1 is 1.38 bits per heavy atom. The molecule has 2 heterocycles. The first-order valence-corrected chi connectivity index (χ1v) is 12.6. The van der Waals surface area contributed by atoms with Gasteiger partial charge in [0.2, 0.25) is 5.91 Å². The normalized spacial score (nSPS) is 29.5. The van der Waals surface area contributed by atoms with Gasteiger partial charge in [-0.2, -0.15) is 0 Å². The van der Waals surface area contributed by atoms with Gasteiger partial charge >= 0.3 is 0 Å². The third kappa shape index (κ3) is 5.27. The van der Waals surface area contributed by atoms with Gasteiger partial charge in [0.1, 0.15) is 0 Å². The van der Waals surface area contributed by atoms with Crippen molar-refractivity contribution in [1.29, 1.82) is 0 Å². The molecule has 1 aromatic rings. The van der Waals surface area contributed by atoms with Crippen LogP contribution in [0.15, 0.2) is 6.20 Å². The molecule has 5 nitrogen and oxygen atoms in total. The zero-order valence-corrected chi connectivity index (χ0v) is 21.5. The lowest BCUT2D eigenvalue weighted by Gasteiger charge is -2.56. The molecule has 1 saturated heterocycles. The van der Waals surface area contributed by atoms with Gasteiger partial charge in [-0.15, -0.1) is 0 Å². The Kier molecular flexibility index (Phi) is 7.86. The number of likely N-dealkylation sites (tertiary alicyclic amines) is 1. The number of nitrogens with zero attached hydrogens (tertiary/aromatic N) is 2. The van der Waals surface area contributed by atoms with E-state index in [1.54, 1.807) is 6.92 Å². The largest absolute Gasteiger partial charge is 0.390 e. The van der Waals surface area contributed by atoms with E-state index in [9.17, 15) is 15.0 Å². The number of carbonyl (C=O) groups is 1. The first-order valence-electron chi connectivity index (χ1n) is 11.9. The van der Waals surface area contributed by atoms with Crippen LogP contribution in [-0.2, 0) is 11.2 Å². The second-order valence-electron chi connectivity index (χ2n) is 10.8. The van der Waals surface area contributed by atoms with E-state index in [1.165, 1.54) is 19.0 Å². The van der Waals surface area contributed by atoms with Gasteiger partial charge in [-0.1, -0.05) is 36.5 Å². The number of carbonyl (C=O) groups excluding carboxylic acids is 1. The SMILES string of the molecule is CC(O)c1ncc(Cl)c(CC(=O)N2CC[C@@]3(C)[C@H](CCC(C)(C)O)CCC[C@@H]3[C@@H]2C)c1Cl. The zero-order chi connectivity index (χ0) is 23.8. The van der Waals surface area contributed by atoms with Gasteiger partial charge in [0, 0.05) is 24.3 Å². The second-order valence-corrected chi connectivity index (χ2v) is 11.6. The number of aliphatic hydroxyl groups excluding tert-OH is 1. The van der Waals surface area contributed by atoms with Gasteiger partial charge in [0.15, 0.2) is 0 Å². The topological polar surface area (TPSA) is 73.7 Å². The highest BCUT2D eigenvalue weighted by atomic mass is 35.5. The van der Waals surface area contributed by atoms with Gasteiger partial charge in [0.05, 0.1) is 33.9 Å². The van der Waals surface area contributed by atoms with Crippen LogP contribution in [0.2, 0.25) is 10.0 Å². The average Bonchev–Trinajstić information content (AvgIpc) is 2.68. The molecule has 0 radical (unpaired) electrons. The van der Waals surface area contributed by atoms with Crippen molar-refractivity contribution in [3.8, 4) is 0 Å². The predicted molar refractivity (Wildman–Crippen MR) is 129 cm³/mol. The zero-order valence-electron chi connectivity index (χ0n) is 20.0. The number of pyridine rings is 1. The Hall–Kier alpha value is -0.880. The molecular weight excluding hydrogens is 447 g/mol. The van der Waals surface area contributed by atoms with E-state index >= 15 is 0 Å². The molecule has 0 aromatic carbocycles. The van der Waals surface area contributed by atoms with Crippen LogP contribution in [0, 0.1) is 17.3 Å². The maximum absolute atomic E-state index is 13.4. The van der Waals surface area contributed by atoms with Crippen LogP contribution in [-0.4, -0.2) is 44.2 Å². The van der Waals surface area contributed by atoms with E-state index in [-0.39, 0.29) is 28.8 Å². The van der Waals surface area contributed by atoms with E-state index in [2.05, 4.69) is 18.8 Å². The molecule has 3 rings (SSSR count). The van der Waals surface area contributed by atoms with E-state index in [0.717, 1.165) is 32.2 Å². The number of piperidine rings is 1. The summed E-state index contributed by atoms with van der Waals surface area (Å²) in [6.45, 7) is 10.7. The van der Waals surface area contributed by atoms with E-state index < -0.39 is 11.7 Å². The van der Waals surface area contributed by atoms with E-state index in [1.807, 2.05) is 18.7 Å². The number of fused-ring (bicyclic) bond motifs is 1. The van der Waals surface area contributed by atoms with Crippen LogP contribution in [0.25, 0.3) is 0 Å². The molecule has 1 saturated carbocycles. The van der Waals surface area contributed by atoms with Crippen LogP contribution in [0.3, 0.4) is 0 Å². The molecule has 0 bridgehead atoms. The number of aromatic nitrogens is 1. The smallest absolute Gasteiger partial charge is 0.227 e. The van der Waals surface area contributed by atoms with Gasteiger partial charge in [0.25, 0.3) is 0 Å². The molecule has 2 fully saturated rings. The Morgan fingerprint density at radius 3 is 2.69 bits per heavy atom. The summed E-state index contributed by atoms with van der Waals surface area (Å²) in [6, 6.07) is 0.141. The Balaban J connectivity index is 1.76. The number of halogens is 2. The highest BCUT2D eigenvalue weighted by molar-refractivity contribution is 6.36. The lowest BCUT2D eigenvalue weighted by atomic mass is 9.54. The van der Waals surface area contributed by atoms with Crippen molar-refractivity contribution in [3.05, 3.63) is 27.5 Å². The van der Waals surface area contributed by atoms with Crippen LogP contribution < -0.4 is 0 Å². The molecular formula is C25H38Cl2N2O3. The Labute approximate surface area is 202 Å². The number of aliphatic hydroxyl groups is 2. The van der Waals surface area contributed by atoms with Crippen molar-refractivity contribution < 1.29 is 15.0 Å². The molecule has 1 unspecified atom stereocenters. The summed E-state index contributed by atoms with van der Waals surface area (Å²) < 4.78 is 0. The Bertz CT molecular complexity index is 839. The van der Waals surface area contributed by atoms with E-state index in [0.29, 0.717) is 28.1 Å². The molecule has 180 valence electrons.